The molecule has 0 bridgehead atoms. The lowest BCUT2D eigenvalue weighted by Gasteiger charge is -2.37. The van der Waals surface area contributed by atoms with E-state index in [0.717, 1.165) is 4.90 Å². The Hall–Kier alpha value is -2.83. The van der Waals surface area contributed by atoms with Gasteiger partial charge in [0.15, 0.2) is 10.8 Å². The highest BCUT2D eigenvalue weighted by molar-refractivity contribution is 6.30. The number of alkyl carbamates (subject to hydrolysis) is 1. The number of amides is 3. The first-order valence-electron chi connectivity index (χ1n) is 12.4. The summed E-state index contributed by atoms with van der Waals surface area (Å²) < 4.78 is 62.4. The van der Waals surface area contributed by atoms with Crippen molar-refractivity contribution in [1.29, 1.82) is 0 Å². The van der Waals surface area contributed by atoms with Gasteiger partial charge in [-0.1, -0.05) is 11.6 Å². The summed E-state index contributed by atoms with van der Waals surface area (Å²) in [6.45, 7) is 5.15. The molecule has 14 heteroatoms. The minimum Gasteiger partial charge on any atom is -0.444 e. The van der Waals surface area contributed by atoms with Crippen LogP contribution < -0.4 is 10.6 Å². The molecule has 0 unspecified atom stereocenters. The monoisotopic (exact) mass is 562 g/mol. The van der Waals surface area contributed by atoms with Crippen molar-refractivity contribution in [3.63, 3.8) is 0 Å². The molecule has 2 aliphatic rings. The topological polar surface area (TPSA) is 101 Å². The van der Waals surface area contributed by atoms with Crippen molar-refractivity contribution in [1.82, 2.24) is 30.1 Å². The number of hydrogen-bond donors (Lipinski definition) is 2. The van der Waals surface area contributed by atoms with Crippen molar-refractivity contribution in [3.8, 4) is 0 Å². The minimum absolute atomic E-state index is 0.0235. The predicted molar refractivity (Wildman–Crippen MR) is 130 cm³/mol. The highest BCUT2D eigenvalue weighted by Crippen LogP contribution is 2.41. The number of carbonyl (C=O) groups excluding carboxylic acids is 2. The molecule has 1 aliphatic carbocycles. The Bertz CT molecular complexity index is 1210. The number of carbonyl (C=O) groups is 2. The Balaban J connectivity index is 1.65. The number of rotatable bonds is 5. The molecule has 38 heavy (non-hydrogen) atoms. The first-order chi connectivity index (χ1) is 17.5. The maximum Gasteiger partial charge on any atom is 0.408 e. The summed E-state index contributed by atoms with van der Waals surface area (Å²) in [5.41, 5.74) is 0.178. The molecule has 0 aromatic carbocycles. The third-order valence-electron chi connectivity index (χ3n) is 6.75. The smallest absolute Gasteiger partial charge is 0.408 e. The fourth-order valence-electron chi connectivity index (χ4n) is 4.80. The molecule has 2 N–H and O–H groups in total. The molecule has 1 saturated heterocycles. The molecule has 2 aromatic rings. The number of halogens is 5. The molecular weight excluding hydrogens is 532 g/mol. The van der Waals surface area contributed by atoms with E-state index in [1.54, 1.807) is 27.7 Å². The van der Waals surface area contributed by atoms with Crippen LogP contribution in [0.3, 0.4) is 0 Å². The quantitative estimate of drug-likeness (QED) is 0.469. The SMILES string of the molecule is C[C@H](c1cc2nc([C@@H](NC(=O)OC(C)(C)C)C3CCC(F)(F)CC3)cn2nc1Cl)N1CC(F)(F)CNC1=O. The Morgan fingerprint density at radius 2 is 1.89 bits per heavy atom. The summed E-state index contributed by atoms with van der Waals surface area (Å²) in [5.74, 6) is -6.20. The van der Waals surface area contributed by atoms with Gasteiger partial charge in [-0.05, 0) is 52.5 Å². The summed E-state index contributed by atoms with van der Waals surface area (Å²) >= 11 is 6.38. The number of ether oxygens (including phenoxy) is 1. The van der Waals surface area contributed by atoms with Gasteiger partial charge in [-0.2, -0.15) is 5.10 Å². The number of hydrogen-bond acceptors (Lipinski definition) is 5. The molecule has 1 aliphatic heterocycles. The zero-order valence-electron chi connectivity index (χ0n) is 21.5. The second-order valence-electron chi connectivity index (χ2n) is 11.0. The summed E-state index contributed by atoms with van der Waals surface area (Å²) in [4.78, 5) is 30.4. The standard InChI is InChI=1S/C24H31ClF4N6O3/c1-13(34-12-24(28,29)11-30-20(34)36)15-9-17-31-16(10-35(17)33-19(15)25)18(32-21(37)38-22(2,3)4)14-5-7-23(26,27)8-6-14/h9-10,13-14,18H,5-8,11-12H2,1-4H3,(H,30,36)(H,32,37)/t13-,18+/m1/s1. The van der Waals surface area contributed by atoms with Crippen LogP contribution in [0.4, 0.5) is 27.2 Å². The lowest BCUT2D eigenvalue weighted by atomic mass is 9.81. The highest BCUT2D eigenvalue weighted by Gasteiger charge is 2.42. The predicted octanol–water partition coefficient (Wildman–Crippen LogP) is 5.50. The van der Waals surface area contributed by atoms with E-state index in [2.05, 4.69) is 20.7 Å². The van der Waals surface area contributed by atoms with Crippen molar-refractivity contribution in [2.24, 2.45) is 5.92 Å². The third kappa shape index (κ3) is 6.41. The highest BCUT2D eigenvalue weighted by atomic mass is 35.5. The van der Waals surface area contributed by atoms with E-state index in [4.69, 9.17) is 16.3 Å². The lowest BCUT2D eigenvalue weighted by Crippen LogP contribution is -2.57. The minimum atomic E-state index is -3.11. The van der Waals surface area contributed by atoms with Gasteiger partial charge in [0.05, 0.1) is 37.1 Å². The zero-order valence-corrected chi connectivity index (χ0v) is 22.3. The summed E-state index contributed by atoms with van der Waals surface area (Å²) in [6, 6.07) is -0.709. The molecule has 2 fully saturated rings. The van der Waals surface area contributed by atoms with Crippen molar-refractivity contribution < 1.29 is 31.9 Å². The van der Waals surface area contributed by atoms with E-state index >= 15 is 0 Å². The number of nitrogens with zero attached hydrogens (tertiary/aromatic N) is 4. The molecule has 2 atom stereocenters. The average molecular weight is 563 g/mol. The zero-order chi connectivity index (χ0) is 28.0. The fraction of sp³-hybridized carbons (Fsp3) is 0.667. The number of alkyl halides is 4. The van der Waals surface area contributed by atoms with Gasteiger partial charge in [0.2, 0.25) is 5.92 Å². The van der Waals surface area contributed by atoms with Gasteiger partial charge < -0.3 is 20.3 Å². The molecule has 0 spiro atoms. The van der Waals surface area contributed by atoms with E-state index in [1.165, 1.54) is 16.8 Å². The first kappa shape index (κ1) is 28.2. The molecule has 210 valence electrons. The summed E-state index contributed by atoms with van der Waals surface area (Å²) in [5, 5.41) is 9.20. The van der Waals surface area contributed by atoms with Gasteiger partial charge in [0, 0.05) is 18.4 Å². The molecule has 3 heterocycles. The van der Waals surface area contributed by atoms with Crippen LogP contribution in [0, 0.1) is 5.92 Å². The molecular formula is C24H31ClF4N6O3. The van der Waals surface area contributed by atoms with Gasteiger partial charge >= 0.3 is 12.1 Å². The number of urea groups is 1. The van der Waals surface area contributed by atoms with Crippen LogP contribution in [0.5, 0.6) is 0 Å². The van der Waals surface area contributed by atoms with Gasteiger partial charge in [-0.25, -0.2) is 36.7 Å². The molecule has 9 nitrogen and oxygen atoms in total. The Kier molecular flexibility index (Phi) is 7.45. The van der Waals surface area contributed by atoms with Crippen LogP contribution in [0.2, 0.25) is 5.15 Å². The van der Waals surface area contributed by atoms with Crippen LogP contribution in [0.15, 0.2) is 12.3 Å². The molecule has 1 saturated carbocycles. The maximum absolute atomic E-state index is 14.0. The van der Waals surface area contributed by atoms with Gasteiger partial charge in [-0.15, -0.1) is 0 Å². The molecule has 2 aromatic heterocycles. The van der Waals surface area contributed by atoms with Crippen molar-refractivity contribution in [2.75, 3.05) is 13.1 Å². The normalized spacial score (nSPS) is 21.6. The van der Waals surface area contributed by atoms with Gasteiger partial charge in [0.25, 0.3) is 5.92 Å². The van der Waals surface area contributed by atoms with Crippen LogP contribution in [-0.4, -0.2) is 62.2 Å². The second kappa shape index (κ2) is 10.0. The van der Waals surface area contributed by atoms with E-state index in [-0.39, 0.29) is 42.4 Å². The van der Waals surface area contributed by atoms with Gasteiger partial charge in [0.1, 0.15) is 5.60 Å². The van der Waals surface area contributed by atoms with Crippen molar-refractivity contribution in [3.05, 3.63) is 28.7 Å². The van der Waals surface area contributed by atoms with E-state index in [1.807, 2.05) is 0 Å². The summed E-state index contributed by atoms with van der Waals surface area (Å²) in [7, 11) is 0. The van der Waals surface area contributed by atoms with Crippen LogP contribution >= 0.6 is 11.6 Å². The second-order valence-corrected chi connectivity index (χ2v) is 11.4. The lowest BCUT2D eigenvalue weighted by molar-refractivity contribution is -0.0500. The number of imidazole rings is 1. The third-order valence-corrected chi connectivity index (χ3v) is 7.05. The van der Waals surface area contributed by atoms with E-state index in [9.17, 15) is 27.2 Å². The van der Waals surface area contributed by atoms with E-state index in [0.29, 0.717) is 11.3 Å². The number of nitrogens with one attached hydrogen (secondary N) is 2. The number of aromatic nitrogens is 3. The van der Waals surface area contributed by atoms with Crippen LogP contribution in [0.25, 0.3) is 5.65 Å². The van der Waals surface area contributed by atoms with E-state index < -0.39 is 54.7 Å². The van der Waals surface area contributed by atoms with Gasteiger partial charge in [-0.3, -0.25) is 0 Å². The van der Waals surface area contributed by atoms with Crippen molar-refractivity contribution in [2.45, 2.75) is 82.9 Å². The Morgan fingerprint density at radius 1 is 1.24 bits per heavy atom. The Labute approximate surface area is 222 Å². The molecule has 3 amide bonds. The van der Waals surface area contributed by atoms with Crippen LogP contribution in [0.1, 0.15) is 76.7 Å². The Morgan fingerprint density at radius 3 is 2.53 bits per heavy atom. The molecule has 4 rings (SSSR count). The number of fused-ring (bicyclic) bond motifs is 1. The molecule has 0 radical (unpaired) electrons. The first-order valence-corrected chi connectivity index (χ1v) is 12.8. The maximum atomic E-state index is 14.0. The largest absolute Gasteiger partial charge is 0.444 e. The fourth-order valence-corrected chi connectivity index (χ4v) is 5.10. The summed E-state index contributed by atoms with van der Waals surface area (Å²) in [6.07, 6.45) is 0.518. The van der Waals surface area contributed by atoms with Crippen LogP contribution in [-0.2, 0) is 4.74 Å². The average Bonchev–Trinajstić information content (AvgIpc) is 3.19. The van der Waals surface area contributed by atoms with Crippen molar-refractivity contribution >= 4 is 29.4 Å².